The van der Waals surface area contributed by atoms with Crippen LogP contribution in [0.25, 0.3) is 0 Å². The molecule has 2 atom stereocenters. The number of amides is 1. The number of carbonyl (C=O) groups is 1. The fraction of sp³-hybridized carbons (Fsp3) is 0.526. The summed E-state index contributed by atoms with van der Waals surface area (Å²) in [5, 5.41) is 14.5. The van der Waals surface area contributed by atoms with E-state index in [2.05, 4.69) is 41.3 Å². The first-order valence-electron chi connectivity index (χ1n) is 8.99. The SMILES string of the molecule is Cc1ccc(C[C@H]2[C@@H](O)CCCN2C(=O)CCCn2cncn2)cc1. The second kappa shape index (κ2) is 8.25. The molecule has 1 aliphatic rings. The summed E-state index contributed by atoms with van der Waals surface area (Å²) in [5.41, 5.74) is 2.38. The smallest absolute Gasteiger partial charge is 0.222 e. The van der Waals surface area contributed by atoms with Gasteiger partial charge in [-0.3, -0.25) is 9.48 Å². The quantitative estimate of drug-likeness (QED) is 0.871. The third kappa shape index (κ3) is 4.66. The van der Waals surface area contributed by atoms with Gasteiger partial charge in [-0.1, -0.05) is 29.8 Å². The van der Waals surface area contributed by atoms with Gasteiger partial charge in [0.15, 0.2) is 0 Å². The maximum absolute atomic E-state index is 12.7. The molecule has 1 aromatic heterocycles. The second-order valence-electron chi connectivity index (χ2n) is 6.82. The molecule has 0 aliphatic carbocycles. The average molecular weight is 342 g/mol. The van der Waals surface area contributed by atoms with Crippen LogP contribution in [0.3, 0.4) is 0 Å². The van der Waals surface area contributed by atoms with E-state index in [-0.39, 0.29) is 11.9 Å². The van der Waals surface area contributed by atoms with E-state index in [9.17, 15) is 9.90 Å². The molecule has 1 N–H and O–H groups in total. The highest BCUT2D eigenvalue weighted by Crippen LogP contribution is 2.23. The Kier molecular flexibility index (Phi) is 5.81. The van der Waals surface area contributed by atoms with Crippen LogP contribution in [0.2, 0.25) is 0 Å². The van der Waals surface area contributed by atoms with Gasteiger partial charge in [0.2, 0.25) is 5.91 Å². The normalized spacial score (nSPS) is 20.6. The lowest BCUT2D eigenvalue weighted by Crippen LogP contribution is -2.52. The van der Waals surface area contributed by atoms with Gasteiger partial charge in [0.05, 0.1) is 12.1 Å². The predicted molar refractivity (Wildman–Crippen MR) is 94.9 cm³/mol. The molecule has 1 amide bonds. The van der Waals surface area contributed by atoms with Crippen molar-refractivity contribution in [2.75, 3.05) is 6.54 Å². The van der Waals surface area contributed by atoms with Gasteiger partial charge in [0.1, 0.15) is 12.7 Å². The van der Waals surface area contributed by atoms with E-state index < -0.39 is 6.10 Å². The van der Waals surface area contributed by atoms with Crippen molar-refractivity contribution < 1.29 is 9.90 Å². The van der Waals surface area contributed by atoms with Crippen LogP contribution in [0.1, 0.15) is 36.8 Å². The number of aryl methyl sites for hydroxylation is 2. The summed E-state index contributed by atoms with van der Waals surface area (Å²) in [6, 6.07) is 8.20. The molecular weight excluding hydrogens is 316 g/mol. The average Bonchev–Trinajstić information content (AvgIpc) is 3.12. The Morgan fingerprint density at radius 1 is 1.32 bits per heavy atom. The number of hydrogen-bond donors (Lipinski definition) is 1. The Labute approximate surface area is 148 Å². The van der Waals surface area contributed by atoms with Gasteiger partial charge in [0, 0.05) is 19.5 Å². The molecule has 1 fully saturated rings. The number of aromatic nitrogens is 3. The molecule has 6 heteroatoms. The molecule has 0 radical (unpaired) electrons. The van der Waals surface area contributed by atoms with Gasteiger partial charge < -0.3 is 10.0 Å². The number of aliphatic hydroxyl groups is 1. The molecule has 1 aromatic carbocycles. The van der Waals surface area contributed by atoms with E-state index in [0.29, 0.717) is 19.4 Å². The molecule has 2 heterocycles. The van der Waals surface area contributed by atoms with Crippen LogP contribution >= 0.6 is 0 Å². The third-order valence-electron chi connectivity index (χ3n) is 4.87. The number of benzene rings is 1. The Morgan fingerprint density at radius 3 is 2.84 bits per heavy atom. The molecule has 0 bridgehead atoms. The van der Waals surface area contributed by atoms with Crippen molar-refractivity contribution in [1.82, 2.24) is 19.7 Å². The molecule has 0 spiro atoms. The second-order valence-corrected chi connectivity index (χ2v) is 6.82. The van der Waals surface area contributed by atoms with Crippen molar-refractivity contribution in [2.45, 2.75) is 57.7 Å². The minimum atomic E-state index is -0.450. The molecule has 1 aliphatic heterocycles. The third-order valence-corrected chi connectivity index (χ3v) is 4.87. The van der Waals surface area contributed by atoms with Crippen LogP contribution in [-0.2, 0) is 17.8 Å². The number of hydrogen-bond acceptors (Lipinski definition) is 4. The lowest BCUT2D eigenvalue weighted by Gasteiger charge is -2.39. The molecule has 0 saturated carbocycles. The first-order chi connectivity index (χ1) is 12.1. The van der Waals surface area contributed by atoms with E-state index in [1.54, 1.807) is 11.0 Å². The van der Waals surface area contributed by atoms with Gasteiger partial charge in [-0.05, 0) is 38.2 Å². The highest BCUT2D eigenvalue weighted by atomic mass is 16.3. The van der Waals surface area contributed by atoms with Gasteiger partial charge in [-0.2, -0.15) is 5.10 Å². The fourth-order valence-corrected chi connectivity index (χ4v) is 3.44. The van der Waals surface area contributed by atoms with E-state index in [4.69, 9.17) is 0 Å². The van der Waals surface area contributed by atoms with Gasteiger partial charge in [-0.15, -0.1) is 0 Å². The minimum absolute atomic E-state index is 0.121. The zero-order valence-electron chi connectivity index (χ0n) is 14.7. The van der Waals surface area contributed by atoms with E-state index >= 15 is 0 Å². The first kappa shape index (κ1) is 17.6. The summed E-state index contributed by atoms with van der Waals surface area (Å²) in [4.78, 5) is 18.5. The number of aliphatic hydroxyl groups excluding tert-OH is 1. The number of rotatable bonds is 6. The van der Waals surface area contributed by atoms with Crippen molar-refractivity contribution >= 4 is 5.91 Å². The molecule has 2 aromatic rings. The largest absolute Gasteiger partial charge is 0.391 e. The van der Waals surface area contributed by atoms with Crippen molar-refractivity contribution in [1.29, 1.82) is 0 Å². The molecule has 25 heavy (non-hydrogen) atoms. The summed E-state index contributed by atoms with van der Waals surface area (Å²) in [7, 11) is 0. The fourth-order valence-electron chi connectivity index (χ4n) is 3.44. The summed E-state index contributed by atoms with van der Waals surface area (Å²) in [6.45, 7) is 3.48. The summed E-state index contributed by atoms with van der Waals surface area (Å²) >= 11 is 0. The van der Waals surface area contributed by atoms with Crippen LogP contribution < -0.4 is 0 Å². The van der Waals surface area contributed by atoms with E-state index in [1.165, 1.54) is 11.9 Å². The lowest BCUT2D eigenvalue weighted by molar-refractivity contribution is -0.138. The van der Waals surface area contributed by atoms with Gasteiger partial charge >= 0.3 is 0 Å². The first-order valence-corrected chi connectivity index (χ1v) is 8.99. The van der Waals surface area contributed by atoms with Crippen LogP contribution in [-0.4, -0.2) is 49.4 Å². The zero-order valence-corrected chi connectivity index (χ0v) is 14.7. The summed E-state index contributed by atoms with van der Waals surface area (Å²) < 4.78 is 1.74. The zero-order chi connectivity index (χ0) is 17.6. The Morgan fingerprint density at radius 2 is 2.12 bits per heavy atom. The van der Waals surface area contributed by atoms with Gasteiger partial charge in [-0.25, -0.2) is 4.98 Å². The number of carbonyl (C=O) groups excluding carboxylic acids is 1. The molecule has 0 unspecified atom stereocenters. The van der Waals surface area contributed by atoms with Crippen LogP contribution in [0.15, 0.2) is 36.9 Å². The molecule has 6 nitrogen and oxygen atoms in total. The number of piperidine rings is 1. The van der Waals surface area contributed by atoms with Crippen molar-refractivity contribution in [3.05, 3.63) is 48.0 Å². The van der Waals surface area contributed by atoms with Crippen molar-refractivity contribution in [3.63, 3.8) is 0 Å². The van der Waals surface area contributed by atoms with Crippen LogP contribution in [0.5, 0.6) is 0 Å². The highest BCUT2D eigenvalue weighted by Gasteiger charge is 2.32. The van der Waals surface area contributed by atoms with Crippen LogP contribution in [0, 0.1) is 6.92 Å². The monoisotopic (exact) mass is 342 g/mol. The topological polar surface area (TPSA) is 71.2 Å². The Hall–Kier alpha value is -2.21. The molecule has 134 valence electrons. The molecular formula is C19H26N4O2. The predicted octanol–water partition coefficient (Wildman–Crippen LogP) is 1.96. The highest BCUT2D eigenvalue weighted by molar-refractivity contribution is 5.76. The minimum Gasteiger partial charge on any atom is -0.391 e. The van der Waals surface area contributed by atoms with E-state index in [0.717, 1.165) is 31.4 Å². The lowest BCUT2D eigenvalue weighted by atomic mass is 9.92. The van der Waals surface area contributed by atoms with Crippen LogP contribution in [0.4, 0.5) is 0 Å². The number of likely N-dealkylation sites (tertiary alicyclic amines) is 1. The van der Waals surface area contributed by atoms with E-state index in [1.807, 2.05) is 4.90 Å². The Balaban J connectivity index is 1.60. The Bertz CT molecular complexity index is 669. The summed E-state index contributed by atoms with van der Waals surface area (Å²) in [6.07, 6.45) is 6.24. The maximum Gasteiger partial charge on any atom is 0.222 e. The van der Waals surface area contributed by atoms with Crippen molar-refractivity contribution in [2.24, 2.45) is 0 Å². The maximum atomic E-state index is 12.7. The molecule has 1 saturated heterocycles. The number of nitrogens with zero attached hydrogens (tertiary/aromatic N) is 4. The molecule has 3 rings (SSSR count). The summed E-state index contributed by atoms with van der Waals surface area (Å²) in [5.74, 6) is 0.121. The van der Waals surface area contributed by atoms with Gasteiger partial charge in [0.25, 0.3) is 0 Å². The standard InChI is InChI=1S/C19H26N4O2/c1-15-6-8-16(9-7-15)12-17-18(24)4-2-11-23(17)19(25)5-3-10-22-14-20-13-21-22/h6-9,13-14,17-18,24H,2-5,10-12H2,1H3/t17-,18-/m0/s1. The van der Waals surface area contributed by atoms with Crippen molar-refractivity contribution in [3.8, 4) is 0 Å².